The van der Waals surface area contributed by atoms with Gasteiger partial charge in [-0.05, 0) is 65.7 Å². The van der Waals surface area contributed by atoms with Crippen LogP contribution in [0.4, 0.5) is 4.79 Å². The summed E-state index contributed by atoms with van der Waals surface area (Å²) in [6, 6.07) is 3.86. The summed E-state index contributed by atoms with van der Waals surface area (Å²) in [5.41, 5.74) is -2.17. The molecule has 0 radical (unpaired) electrons. The van der Waals surface area contributed by atoms with Crippen molar-refractivity contribution >= 4 is 32.9 Å². The second-order valence-corrected chi connectivity index (χ2v) is 15.0. The van der Waals surface area contributed by atoms with Crippen molar-refractivity contribution < 1.29 is 52.1 Å². The topological polar surface area (TPSA) is 238 Å². The molecule has 19 nitrogen and oxygen atoms in total. The Labute approximate surface area is 281 Å². The van der Waals surface area contributed by atoms with E-state index in [9.17, 15) is 43.0 Å². The van der Waals surface area contributed by atoms with Crippen molar-refractivity contribution in [1.82, 2.24) is 14.2 Å². The van der Waals surface area contributed by atoms with Crippen LogP contribution in [-0.4, -0.2) is 90.7 Å². The van der Waals surface area contributed by atoms with Gasteiger partial charge < -0.3 is 29.2 Å². The van der Waals surface area contributed by atoms with Crippen molar-refractivity contribution in [1.29, 1.82) is 0 Å². The Balaban J connectivity index is 1.69. The van der Waals surface area contributed by atoms with E-state index < -0.39 is 80.7 Å². The fraction of sp³-hybridized carbons (Fsp3) is 0.621. The first kappa shape index (κ1) is 38.9. The maximum atomic E-state index is 13.8. The van der Waals surface area contributed by atoms with Gasteiger partial charge in [0.1, 0.15) is 18.8 Å². The van der Waals surface area contributed by atoms with Crippen LogP contribution in [0.15, 0.2) is 34.1 Å². The maximum absolute atomic E-state index is 13.8. The molecule has 1 amide bonds. The van der Waals surface area contributed by atoms with Crippen molar-refractivity contribution in [2.45, 2.75) is 71.2 Å². The smallest absolute Gasteiger partial charge is 0.407 e. The van der Waals surface area contributed by atoms with Crippen LogP contribution in [0.1, 0.15) is 46.6 Å². The molecule has 1 aromatic carbocycles. The fourth-order valence-corrected chi connectivity index (χ4v) is 6.74. The summed E-state index contributed by atoms with van der Waals surface area (Å²) in [7, 11) is -4.09. The number of amides is 1. The number of alkyl carbamates (subject to hydrolysis) is 1. The Morgan fingerprint density at radius 3 is 2.29 bits per heavy atom. The van der Waals surface area contributed by atoms with Crippen LogP contribution < -0.4 is 10.9 Å². The van der Waals surface area contributed by atoms with E-state index in [2.05, 4.69) is 15.0 Å². The molecule has 1 saturated heterocycles. The number of fused-ring (bicyclic) bond motifs is 1. The molecule has 1 aliphatic rings. The van der Waals surface area contributed by atoms with E-state index in [0.717, 1.165) is 4.57 Å². The SMILES string of the molecule is Cc1cn(COC(=O)C(C)(C)COCC(CO[N+](=O)[O-])CO[N+](=O)[O-])c(=O)c2cccc(S(=O)(=O)N3CC[C@H](NC(=O)OC(C)(C)C)C3)c12. The van der Waals surface area contributed by atoms with Crippen molar-refractivity contribution in [3.63, 3.8) is 0 Å². The molecule has 0 spiro atoms. The fourth-order valence-electron chi connectivity index (χ4n) is 4.96. The molecule has 1 N–H and O–H groups in total. The van der Waals surface area contributed by atoms with Gasteiger partial charge in [-0.2, -0.15) is 4.31 Å². The first-order chi connectivity index (χ1) is 22.7. The number of hydrogen-bond donors (Lipinski definition) is 1. The monoisotopic (exact) mass is 715 g/mol. The molecule has 1 fully saturated rings. The molecule has 0 aliphatic carbocycles. The van der Waals surface area contributed by atoms with Crippen molar-refractivity contribution in [2.75, 3.05) is 39.5 Å². The highest BCUT2D eigenvalue weighted by Crippen LogP contribution is 2.29. The van der Waals surface area contributed by atoms with Crippen LogP contribution in [0.3, 0.4) is 0 Å². The standard InChI is InChI=1S/C29H41N5O14S/c1-19-12-31(18-45-26(36)29(5,6)17-44-14-20(15-46-33(38)39)16-47-34(40)41)25(35)22-8-7-9-23(24(19)22)49(42,43)32-11-10-21(13-32)30-27(37)48-28(2,3)4/h7-9,12,20-21H,10-11,13-18H2,1-6H3,(H,30,37)/t21-/m0/s1. The number of aryl methyl sites for hydroxylation is 1. The minimum absolute atomic E-state index is 0.0174. The molecule has 272 valence electrons. The lowest BCUT2D eigenvalue weighted by atomic mass is 9.95. The van der Waals surface area contributed by atoms with Crippen LogP contribution in [0.25, 0.3) is 10.8 Å². The highest BCUT2D eigenvalue weighted by atomic mass is 32.2. The molecule has 49 heavy (non-hydrogen) atoms. The number of hydrogen-bond acceptors (Lipinski definition) is 14. The number of carbonyl (C=O) groups excluding carboxylic acids is 2. The van der Waals surface area contributed by atoms with E-state index >= 15 is 0 Å². The average molecular weight is 716 g/mol. The van der Waals surface area contributed by atoms with Gasteiger partial charge in [0.25, 0.3) is 15.7 Å². The normalized spacial score (nSPS) is 15.6. The van der Waals surface area contributed by atoms with Gasteiger partial charge in [-0.25, -0.2) is 13.2 Å². The number of ether oxygens (including phenoxy) is 3. The van der Waals surface area contributed by atoms with E-state index in [1.54, 1.807) is 27.7 Å². The predicted octanol–water partition coefficient (Wildman–Crippen LogP) is 2.17. The van der Waals surface area contributed by atoms with Crippen molar-refractivity contribution in [3.05, 3.63) is 60.5 Å². The van der Waals surface area contributed by atoms with Gasteiger partial charge in [0.05, 0.1) is 23.5 Å². The third kappa shape index (κ3) is 10.7. The number of pyridine rings is 1. The molecule has 1 aliphatic heterocycles. The molecular weight excluding hydrogens is 674 g/mol. The lowest BCUT2D eigenvalue weighted by molar-refractivity contribution is -0.768. The summed E-state index contributed by atoms with van der Waals surface area (Å²) in [6.07, 6.45) is 1.10. The first-order valence-electron chi connectivity index (χ1n) is 15.1. The third-order valence-electron chi connectivity index (χ3n) is 7.29. The lowest BCUT2D eigenvalue weighted by Gasteiger charge is -2.24. The molecule has 2 heterocycles. The number of sulfonamides is 1. The molecule has 20 heteroatoms. The number of esters is 1. The molecule has 0 unspecified atom stereocenters. The number of aromatic nitrogens is 1. The number of nitrogens with zero attached hydrogens (tertiary/aromatic N) is 4. The zero-order chi connectivity index (χ0) is 36.7. The summed E-state index contributed by atoms with van der Waals surface area (Å²) in [4.78, 5) is 68.0. The summed E-state index contributed by atoms with van der Waals surface area (Å²) in [5, 5.41) is 21.9. The van der Waals surface area contributed by atoms with Gasteiger partial charge >= 0.3 is 12.1 Å². The number of carbonyl (C=O) groups is 2. The Bertz CT molecular complexity index is 1700. The minimum atomic E-state index is -4.09. The molecule has 1 atom stereocenters. The summed E-state index contributed by atoms with van der Waals surface area (Å²) in [5.74, 6) is -1.66. The Kier molecular flexibility index (Phi) is 12.5. The van der Waals surface area contributed by atoms with Crippen LogP contribution >= 0.6 is 0 Å². The van der Waals surface area contributed by atoms with Crippen molar-refractivity contribution in [2.24, 2.45) is 11.3 Å². The average Bonchev–Trinajstić information content (AvgIpc) is 3.46. The summed E-state index contributed by atoms with van der Waals surface area (Å²) >= 11 is 0. The molecule has 0 bridgehead atoms. The first-order valence-corrected chi connectivity index (χ1v) is 16.6. The van der Waals surface area contributed by atoms with E-state index in [0.29, 0.717) is 12.0 Å². The lowest BCUT2D eigenvalue weighted by Crippen LogP contribution is -2.41. The quantitative estimate of drug-likeness (QED) is 0.149. The Morgan fingerprint density at radius 2 is 1.69 bits per heavy atom. The van der Waals surface area contributed by atoms with Crippen LogP contribution in [0.2, 0.25) is 0 Å². The summed E-state index contributed by atoms with van der Waals surface area (Å²) < 4.78 is 46.0. The van der Waals surface area contributed by atoms with Gasteiger partial charge in [0.15, 0.2) is 6.73 Å². The zero-order valence-electron chi connectivity index (χ0n) is 28.0. The molecule has 3 rings (SSSR count). The highest BCUT2D eigenvalue weighted by Gasteiger charge is 2.36. The van der Waals surface area contributed by atoms with Crippen LogP contribution in [0.5, 0.6) is 0 Å². The Morgan fingerprint density at radius 1 is 1.06 bits per heavy atom. The Hall–Kier alpha value is -4.56. The van der Waals surface area contributed by atoms with Crippen molar-refractivity contribution in [3.8, 4) is 0 Å². The molecule has 1 aromatic heterocycles. The van der Waals surface area contributed by atoms with E-state index in [1.807, 2.05) is 0 Å². The molecule has 2 aromatic rings. The second kappa shape index (κ2) is 15.8. The predicted molar refractivity (Wildman–Crippen MR) is 170 cm³/mol. The number of nitrogens with one attached hydrogen (secondary N) is 1. The van der Waals surface area contributed by atoms with Gasteiger partial charge in [-0.1, -0.05) is 6.07 Å². The van der Waals surface area contributed by atoms with Gasteiger partial charge in [0, 0.05) is 42.0 Å². The largest absolute Gasteiger partial charge is 0.444 e. The molecular formula is C29H41N5O14S. The van der Waals surface area contributed by atoms with Crippen LogP contribution in [0, 0.1) is 38.5 Å². The van der Waals surface area contributed by atoms with Gasteiger partial charge in [-0.15, -0.1) is 20.2 Å². The van der Waals surface area contributed by atoms with E-state index in [1.165, 1.54) is 42.5 Å². The van der Waals surface area contributed by atoms with E-state index in [-0.39, 0.29) is 42.0 Å². The minimum Gasteiger partial charge on any atom is -0.444 e. The van der Waals surface area contributed by atoms with Gasteiger partial charge in [-0.3, -0.25) is 14.2 Å². The van der Waals surface area contributed by atoms with Crippen LogP contribution in [-0.2, 0) is 45.4 Å². The van der Waals surface area contributed by atoms with Gasteiger partial charge in [0.2, 0.25) is 10.0 Å². The number of rotatable bonds is 16. The summed E-state index contributed by atoms with van der Waals surface area (Å²) in [6.45, 7) is 7.81. The molecule has 0 saturated carbocycles. The third-order valence-corrected chi connectivity index (χ3v) is 9.19. The number of benzene rings is 1. The van der Waals surface area contributed by atoms with E-state index in [4.69, 9.17) is 14.2 Å². The zero-order valence-corrected chi connectivity index (χ0v) is 28.9. The maximum Gasteiger partial charge on any atom is 0.407 e. The second-order valence-electron chi connectivity index (χ2n) is 13.1. The highest BCUT2D eigenvalue weighted by molar-refractivity contribution is 7.89.